The van der Waals surface area contributed by atoms with Gasteiger partial charge >= 0.3 is 0 Å². The second-order valence-electron chi connectivity index (χ2n) is 4.54. The summed E-state index contributed by atoms with van der Waals surface area (Å²) in [5.41, 5.74) is 2.39. The Morgan fingerprint density at radius 3 is 2.95 bits per heavy atom. The van der Waals surface area contributed by atoms with Crippen molar-refractivity contribution in [3.05, 3.63) is 48.4 Å². The van der Waals surface area contributed by atoms with Gasteiger partial charge in [-0.3, -0.25) is 10.1 Å². The van der Waals surface area contributed by atoms with Crippen LogP contribution in [0.4, 0.5) is 5.95 Å². The van der Waals surface area contributed by atoms with Crippen LogP contribution in [0.25, 0.3) is 11.0 Å². The molecule has 0 radical (unpaired) electrons. The number of anilines is 1. The Morgan fingerprint density at radius 2 is 2.20 bits per heavy atom. The number of para-hydroxylation sites is 2. The molecule has 1 amide bonds. The molecule has 0 fully saturated rings. The Hall–Kier alpha value is -2.56. The fourth-order valence-electron chi connectivity index (χ4n) is 2.19. The van der Waals surface area contributed by atoms with E-state index in [4.69, 9.17) is 4.42 Å². The number of rotatable bonds is 4. The van der Waals surface area contributed by atoms with Gasteiger partial charge in [0.25, 0.3) is 5.91 Å². The summed E-state index contributed by atoms with van der Waals surface area (Å²) >= 11 is 0. The topological polar surface area (TPSA) is 60.1 Å². The molecule has 0 aliphatic heterocycles. The average molecular weight is 269 g/mol. The smallest absolute Gasteiger partial charge is 0.261 e. The fraction of sp³-hybridized carbons (Fsp3) is 0.200. The molecule has 5 heteroatoms. The maximum Gasteiger partial charge on any atom is 0.261 e. The van der Waals surface area contributed by atoms with E-state index in [1.54, 1.807) is 6.07 Å². The Morgan fingerprint density at radius 1 is 1.35 bits per heavy atom. The van der Waals surface area contributed by atoms with Gasteiger partial charge < -0.3 is 8.98 Å². The SMILES string of the molecule is CCCn1c(NC(=O)c2ccoc2)nc2ccccc21. The van der Waals surface area contributed by atoms with Gasteiger partial charge in [-0.15, -0.1) is 0 Å². The standard InChI is InChI=1S/C15H15N3O2/c1-2-8-18-13-6-4-3-5-12(13)16-15(18)17-14(19)11-7-9-20-10-11/h3-7,9-10H,2,8H2,1H3,(H,16,17,19). The van der Waals surface area contributed by atoms with Gasteiger partial charge in [-0.25, -0.2) is 4.98 Å². The first-order valence-electron chi connectivity index (χ1n) is 6.58. The molecule has 3 rings (SSSR count). The largest absolute Gasteiger partial charge is 0.472 e. The van der Waals surface area contributed by atoms with Crippen molar-refractivity contribution in [3.63, 3.8) is 0 Å². The zero-order valence-electron chi connectivity index (χ0n) is 11.2. The molecule has 0 atom stereocenters. The number of furan rings is 1. The molecule has 0 aliphatic rings. The normalized spacial score (nSPS) is 10.8. The van der Waals surface area contributed by atoms with E-state index in [9.17, 15) is 4.79 Å². The van der Waals surface area contributed by atoms with Gasteiger partial charge in [-0.2, -0.15) is 0 Å². The first kappa shape index (κ1) is 12.5. The summed E-state index contributed by atoms with van der Waals surface area (Å²) in [7, 11) is 0. The quantitative estimate of drug-likeness (QED) is 0.790. The highest BCUT2D eigenvalue weighted by molar-refractivity contribution is 6.03. The number of hydrogen-bond donors (Lipinski definition) is 1. The lowest BCUT2D eigenvalue weighted by Gasteiger charge is -2.07. The molecular weight excluding hydrogens is 254 g/mol. The number of carbonyl (C=O) groups excluding carboxylic acids is 1. The van der Waals surface area contributed by atoms with E-state index in [1.807, 2.05) is 28.8 Å². The first-order valence-corrected chi connectivity index (χ1v) is 6.58. The summed E-state index contributed by atoms with van der Waals surface area (Å²) in [6, 6.07) is 9.48. The summed E-state index contributed by atoms with van der Waals surface area (Å²) in [5, 5.41) is 2.84. The zero-order chi connectivity index (χ0) is 13.9. The molecule has 2 aromatic heterocycles. The van der Waals surface area contributed by atoms with Gasteiger partial charge in [0.2, 0.25) is 5.95 Å². The number of nitrogens with zero attached hydrogens (tertiary/aromatic N) is 2. The van der Waals surface area contributed by atoms with Crippen LogP contribution in [0.3, 0.4) is 0 Å². The minimum atomic E-state index is -0.216. The molecule has 0 bridgehead atoms. The number of hydrogen-bond acceptors (Lipinski definition) is 3. The predicted octanol–water partition coefficient (Wildman–Crippen LogP) is 3.29. The molecule has 0 spiro atoms. The van der Waals surface area contributed by atoms with E-state index in [1.165, 1.54) is 12.5 Å². The van der Waals surface area contributed by atoms with Crippen molar-refractivity contribution in [2.24, 2.45) is 0 Å². The van der Waals surface area contributed by atoms with E-state index in [-0.39, 0.29) is 5.91 Å². The molecule has 0 unspecified atom stereocenters. The van der Waals surface area contributed by atoms with Gasteiger partial charge in [0.05, 0.1) is 22.9 Å². The van der Waals surface area contributed by atoms with Crippen molar-refractivity contribution in [1.82, 2.24) is 9.55 Å². The Kier molecular flexibility index (Phi) is 3.25. The lowest BCUT2D eigenvalue weighted by atomic mass is 10.3. The summed E-state index contributed by atoms with van der Waals surface area (Å²) in [5.74, 6) is 0.352. The second kappa shape index (κ2) is 5.21. The van der Waals surface area contributed by atoms with Crippen molar-refractivity contribution < 1.29 is 9.21 Å². The van der Waals surface area contributed by atoms with Crippen LogP contribution in [0, 0.1) is 0 Å². The van der Waals surface area contributed by atoms with Crippen LogP contribution in [0.2, 0.25) is 0 Å². The van der Waals surface area contributed by atoms with Gasteiger partial charge in [-0.05, 0) is 24.6 Å². The van der Waals surface area contributed by atoms with Crippen LogP contribution in [0.15, 0.2) is 47.3 Å². The molecule has 1 aromatic carbocycles. The van der Waals surface area contributed by atoms with E-state index in [0.717, 1.165) is 24.0 Å². The van der Waals surface area contributed by atoms with Crippen LogP contribution in [0.5, 0.6) is 0 Å². The number of carbonyl (C=O) groups is 1. The van der Waals surface area contributed by atoms with Crippen LogP contribution < -0.4 is 5.32 Å². The van der Waals surface area contributed by atoms with E-state index in [0.29, 0.717) is 11.5 Å². The highest BCUT2D eigenvalue weighted by Crippen LogP contribution is 2.20. The molecule has 0 aliphatic carbocycles. The molecule has 0 saturated heterocycles. The van der Waals surface area contributed by atoms with Crippen molar-refractivity contribution in [3.8, 4) is 0 Å². The van der Waals surface area contributed by atoms with Crippen LogP contribution in [-0.2, 0) is 6.54 Å². The number of benzene rings is 1. The van der Waals surface area contributed by atoms with Gasteiger partial charge in [0.1, 0.15) is 6.26 Å². The Labute approximate surface area is 116 Å². The summed E-state index contributed by atoms with van der Waals surface area (Å²) in [6.07, 6.45) is 3.86. The third-order valence-electron chi connectivity index (χ3n) is 3.11. The molecule has 0 saturated carbocycles. The lowest BCUT2D eigenvalue weighted by Crippen LogP contribution is -2.15. The third-order valence-corrected chi connectivity index (χ3v) is 3.11. The highest BCUT2D eigenvalue weighted by Gasteiger charge is 2.14. The van der Waals surface area contributed by atoms with Crippen LogP contribution >= 0.6 is 0 Å². The van der Waals surface area contributed by atoms with Crippen molar-refractivity contribution in [1.29, 1.82) is 0 Å². The minimum Gasteiger partial charge on any atom is -0.472 e. The third kappa shape index (κ3) is 2.18. The summed E-state index contributed by atoms with van der Waals surface area (Å²) in [6.45, 7) is 2.90. The van der Waals surface area contributed by atoms with Gasteiger partial charge in [0, 0.05) is 6.54 Å². The van der Waals surface area contributed by atoms with Gasteiger partial charge in [0.15, 0.2) is 0 Å². The number of fused-ring (bicyclic) bond motifs is 1. The van der Waals surface area contributed by atoms with Crippen LogP contribution in [-0.4, -0.2) is 15.5 Å². The van der Waals surface area contributed by atoms with Crippen molar-refractivity contribution >= 4 is 22.9 Å². The summed E-state index contributed by atoms with van der Waals surface area (Å²) < 4.78 is 6.94. The minimum absolute atomic E-state index is 0.216. The number of amides is 1. The van der Waals surface area contributed by atoms with Crippen molar-refractivity contribution in [2.75, 3.05) is 5.32 Å². The molecule has 102 valence electrons. The first-order chi connectivity index (χ1) is 9.79. The molecule has 1 N–H and O–H groups in total. The molecule has 2 heterocycles. The second-order valence-corrected chi connectivity index (χ2v) is 4.54. The number of aromatic nitrogens is 2. The maximum atomic E-state index is 12.1. The Balaban J connectivity index is 1.98. The highest BCUT2D eigenvalue weighted by atomic mass is 16.3. The zero-order valence-corrected chi connectivity index (χ0v) is 11.2. The predicted molar refractivity (Wildman–Crippen MR) is 76.7 cm³/mol. The van der Waals surface area contributed by atoms with E-state index < -0.39 is 0 Å². The summed E-state index contributed by atoms with van der Waals surface area (Å²) in [4.78, 5) is 16.6. The lowest BCUT2D eigenvalue weighted by molar-refractivity contribution is 0.102. The van der Waals surface area contributed by atoms with Crippen molar-refractivity contribution in [2.45, 2.75) is 19.9 Å². The number of imidazole rings is 1. The van der Waals surface area contributed by atoms with E-state index >= 15 is 0 Å². The van der Waals surface area contributed by atoms with E-state index in [2.05, 4.69) is 17.2 Å². The number of aryl methyl sites for hydroxylation is 1. The fourth-order valence-corrected chi connectivity index (χ4v) is 2.19. The number of nitrogens with one attached hydrogen (secondary N) is 1. The molecule has 3 aromatic rings. The Bertz CT molecular complexity index is 729. The molecular formula is C15H15N3O2. The maximum absolute atomic E-state index is 12.1. The monoisotopic (exact) mass is 269 g/mol. The molecule has 5 nitrogen and oxygen atoms in total. The average Bonchev–Trinajstić information content (AvgIpc) is 3.08. The van der Waals surface area contributed by atoms with Crippen LogP contribution in [0.1, 0.15) is 23.7 Å². The molecule has 20 heavy (non-hydrogen) atoms. The van der Waals surface area contributed by atoms with Gasteiger partial charge in [-0.1, -0.05) is 19.1 Å².